The van der Waals surface area contributed by atoms with Crippen LogP contribution in [0.4, 0.5) is 14.5 Å². The first-order valence-electron chi connectivity index (χ1n) is 8.44. The monoisotopic (exact) mass is 384 g/mol. The summed E-state index contributed by atoms with van der Waals surface area (Å²) in [6.45, 7) is 0.329. The molecule has 7 nitrogen and oxygen atoms in total. The molecule has 3 aromatic rings. The number of aromatic nitrogens is 3. The van der Waals surface area contributed by atoms with Crippen LogP contribution >= 0.6 is 0 Å². The van der Waals surface area contributed by atoms with Gasteiger partial charge in [-0.15, -0.1) is 0 Å². The lowest BCUT2D eigenvalue weighted by atomic mass is 10.1. The van der Waals surface area contributed by atoms with Crippen LogP contribution < -0.4 is 4.90 Å². The van der Waals surface area contributed by atoms with Crippen LogP contribution in [0.3, 0.4) is 0 Å². The predicted molar refractivity (Wildman–Crippen MR) is 94.4 cm³/mol. The van der Waals surface area contributed by atoms with Crippen molar-refractivity contribution in [1.29, 1.82) is 0 Å². The molecular formula is C19H14F2N4O3. The first-order chi connectivity index (χ1) is 13.4. The average Bonchev–Trinajstić information content (AvgIpc) is 3.07. The maximum Gasteiger partial charge on any atom is 0.309 e. The zero-order chi connectivity index (χ0) is 19.8. The third kappa shape index (κ3) is 3.22. The molecule has 0 atom stereocenters. The van der Waals surface area contributed by atoms with E-state index in [1.165, 1.54) is 22.0 Å². The summed E-state index contributed by atoms with van der Waals surface area (Å²) in [5.74, 6) is -2.75. The van der Waals surface area contributed by atoms with Gasteiger partial charge in [-0.25, -0.2) is 13.5 Å². The molecule has 0 saturated carbocycles. The van der Waals surface area contributed by atoms with Gasteiger partial charge < -0.3 is 10.0 Å². The van der Waals surface area contributed by atoms with Crippen LogP contribution in [0.1, 0.15) is 21.7 Å². The number of carbonyl (C=O) groups excluding carboxylic acids is 1. The van der Waals surface area contributed by atoms with Gasteiger partial charge in [0.25, 0.3) is 5.91 Å². The van der Waals surface area contributed by atoms with E-state index in [9.17, 15) is 18.4 Å². The van der Waals surface area contributed by atoms with Crippen LogP contribution in [-0.2, 0) is 17.6 Å². The van der Waals surface area contributed by atoms with Gasteiger partial charge in [-0.3, -0.25) is 14.6 Å². The average molecular weight is 384 g/mol. The third-order valence-electron chi connectivity index (χ3n) is 4.46. The quantitative estimate of drug-likeness (QED) is 0.746. The number of carbonyl (C=O) groups is 2. The molecular weight excluding hydrogens is 370 g/mol. The molecule has 0 saturated heterocycles. The number of anilines is 1. The molecule has 9 heteroatoms. The predicted octanol–water partition coefficient (Wildman–Crippen LogP) is 2.38. The number of hydrogen-bond acceptors (Lipinski definition) is 4. The summed E-state index contributed by atoms with van der Waals surface area (Å²) in [5.41, 5.74) is 2.05. The van der Waals surface area contributed by atoms with Crippen molar-refractivity contribution < 1.29 is 23.5 Å². The Balaban J connectivity index is 1.63. The molecule has 1 aliphatic heterocycles. The highest BCUT2D eigenvalue weighted by atomic mass is 19.1. The van der Waals surface area contributed by atoms with Crippen LogP contribution in [0.2, 0.25) is 0 Å². The molecule has 1 N–H and O–H groups in total. The minimum atomic E-state index is -0.986. The molecule has 28 heavy (non-hydrogen) atoms. The summed E-state index contributed by atoms with van der Waals surface area (Å²) in [4.78, 5) is 29.2. The van der Waals surface area contributed by atoms with Crippen molar-refractivity contribution in [3.05, 3.63) is 71.3 Å². The highest BCUT2D eigenvalue weighted by Gasteiger charge is 2.29. The van der Waals surface area contributed by atoms with Crippen LogP contribution in [0.15, 0.2) is 42.7 Å². The van der Waals surface area contributed by atoms with Crippen LogP contribution in [0, 0.1) is 11.6 Å². The zero-order valence-electron chi connectivity index (χ0n) is 14.5. The summed E-state index contributed by atoms with van der Waals surface area (Å²) < 4.78 is 28.4. The highest BCUT2D eigenvalue weighted by Crippen LogP contribution is 2.26. The number of pyridine rings is 1. The number of fused-ring (bicyclic) bond motifs is 1. The van der Waals surface area contributed by atoms with Gasteiger partial charge in [-0.2, -0.15) is 5.10 Å². The number of aliphatic carboxylic acids is 1. The molecule has 0 spiro atoms. The molecule has 1 amide bonds. The number of carboxylic acid groups (broad SMARTS) is 1. The van der Waals surface area contributed by atoms with E-state index in [2.05, 4.69) is 10.1 Å². The Kier molecular flexibility index (Phi) is 4.34. The van der Waals surface area contributed by atoms with E-state index in [0.717, 1.165) is 18.2 Å². The maximum atomic E-state index is 13.5. The van der Waals surface area contributed by atoms with Gasteiger partial charge in [0.15, 0.2) is 0 Å². The van der Waals surface area contributed by atoms with Gasteiger partial charge in [0.05, 0.1) is 47.1 Å². The van der Waals surface area contributed by atoms with Crippen molar-refractivity contribution in [3.63, 3.8) is 0 Å². The van der Waals surface area contributed by atoms with Crippen molar-refractivity contribution in [2.24, 2.45) is 0 Å². The van der Waals surface area contributed by atoms with Crippen molar-refractivity contribution >= 4 is 17.6 Å². The first kappa shape index (κ1) is 17.8. The molecule has 3 heterocycles. The summed E-state index contributed by atoms with van der Waals surface area (Å²) in [6.07, 6.45) is 3.05. The molecule has 2 aromatic heterocycles. The second-order valence-corrected chi connectivity index (χ2v) is 6.33. The normalized spacial score (nSPS) is 13.5. The standard InChI is InChI=1S/C19H14F2N4O3/c20-11-5-12(21)7-15(6-11)25-17-3-4-24(19(28)16(17)10-23-25)14-2-1-13(22-9-14)8-18(26)27/h1-2,5-7,9-10H,3-4,8H2,(H,26,27). The molecule has 1 aliphatic rings. The Hall–Kier alpha value is -3.62. The van der Waals surface area contributed by atoms with E-state index in [1.54, 1.807) is 12.1 Å². The van der Waals surface area contributed by atoms with E-state index in [1.807, 2.05) is 0 Å². The van der Waals surface area contributed by atoms with Crippen molar-refractivity contribution in [2.75, 3.05) is 11.4 Å². The maximum absolute atomic E-state index is 13.5. The first-order valence-corrected chi connectivity index (χ1v) is 8.44. The van der Waals surface area contributed by atoms with E-state index < -0.39 is 17.6 Å². The third-order valence-corrected chi connectivity index (χ3v) is 4.46. The van der Waals surface area contributed by atoms with Crippen molar-refractivity contribution in [2.45, 2.75) is 12.8 Å². The molecule has 1 aromatic carbocycles. The SMILES string of the molecule is O=C(O)Cc1ccc(N2CCc3c(cnn3-c3cc(F)cc(F)c3)C2=O)cn1. The van der Waals surface area contributed by atoms with Gasteiger partial charge in [0, 0.05) is 19.0 Å². The highest BCUT2D eigenvalue weighted by molar-refractivity contribution is 6.07. The summed E-state index contributed by atoms with van der Waals surface area (Å²) in [7, 11) is 0. The Labute approximate surface area is 157 Å². The summed E-state index contributed by atoms with van der Waals surface area (Å²) in [6, 6.07) is 6.27. The lowest BCUT2D eigenvalue weighted by molar-refractivity contribution is -0.136. The second-order valence-electron chi connectivity index (χ2n) is 6.33. The minimum Gasteiger partial charge on any atom is -0.481 e. The summed E-state index contributed by atoms with van der Waals surface area (Å²) >= 11 is 0. The van der Waals surface area contributed by atoms with Gasteiger partial charge in [0.2, 0.25) is 0 Å². The van der Waals surface area contributed by atoms with E-state index >= 15 is 0 Å². The van der Waals surface area contributed by atoms with Gasteiger partial charge in [-0.1, -0.05) is 0 Å². The fraction of sp³-hybridized carbons (Fsp3) is 0.158. The van der Waals surface area contributed by atoms with E-state index in [0.29, 0.717) is 35.6 Å². The van der Waals surface area contributed by atoms with Crippen molar-refractivity contribution in [1.82, 2.24) is 14.8 Å². The second kappa shape index (κ2) is 6.84. The lowest BCUT2D eigenvalue weighted by Crippen LogP contribution is -2.37. The minimum absolute atomic E-state index is 0.199. The van der Waals surface area contributed by atoms with E-state index in [-0.39, 0.29) is 18.0 Å². The number of rotatable bonds is 4. The number of halogens is 2. The number of amides is 1. The smallest absolute Gasteiger partial charge is 0.309 e. The molecule has 0 fully saturated rings. The number of carboxylic acids is 1. The largest absolute Gasteiger partial charge is 0.481 e. The van der Waals surface area contributed by atoms with Gasteiger partial charge >= 0.3 is 5.97 Å². The van der Waals surface area contributed by atoms with Gasteiger partial charge in [0.1, 0.15) is 11.6 Å². The Morgan fingerprint density at radius 3 is 2.50 bits per heavy atom. The lowest BCUT2D eigenvalue weighted by Gasteiger charge is -2.27. The van der Waals surface area contributed by atoms with Crippen LogP contribution in [0.5, 0.6) is 0 Å². The zero-order valence-corrected chi connectivity index (χ0v) is 14.5. The Morgan fingerprint density at radius 2 is 1.86 bits per heavy atom. The number of hydrogen-bond donors (Lipinski definition) is 1. The molecule has 4 rings (SSSR count). The topological polar surface area (TPSA) is 88.3 Å². The molecule has 0 unspecified atom stereocenters. The fourth-order valence-electron chi connectivity index (χ4n) is 3.22. The fourth-order valence-corrected chi connectivity index (χ4v) is 3.22. The number of benzene rings is 1. The van der Waals surface area contributed by atoms with Crippen LogP contribution in [0.25, 0.3) is 5.69 Å². The molecule has 142 valence electrons. The Bertz CT molecular complexity index is 1060. The van der Waals surface area contributed by atoms with Crippen molar-refractivity contribution in [3.8, 4) is 5.69 Å². The van der Waals surface area contributed by atoms with E-state index in [4.69, 9.17) is 5.11 Å². The molecule has 0 radical (unpaired) electrons. The van der Waals surface area contributed by atoms with Gasteiger partial charge in [-0.05, 0) is 24.3 Å². The molecule has 0 bridgehead atoms. The molecule has 0 aliphatic carbocycles. The number of nitrogens with zero attached hydrogens (tertiary/aromatic N) is 4. The van der Waals surface area contributed by atoms with Crippen LogP contribution in [-0.4, -0.2) is 38.3 Å². The Morgan fingerprint density at radius 1 is 1.11 bits per heavy atom. The summed E-state index contributed by atoms with van der Waals surface area (Å²) in [5, 5.41) is 12.9.